The van der Waals surface area contributed by atoms with E-state index in [1.54, 1.807) is 0 Å². The molecule has 0 radical (unpaired) electrons. The summed E-state index contributed by atoms with van der Waals surface area (Å²) in [5.74, 6) is -4.43. The molecule has 0 aromatic rings. The molecule has 0 unspecified atom stereocenters. The van der Waals surface area contributed by atoms with Gasteiger partial charge in [-0.2, -0.15) is 13.2 Å². The Hall–Kier alpha value is -1.47. The van der Waals surface area contributed by atoms with Crippen molar-refractivity contribution >= 4 is 12.0 Å². The molecule has 1 heterocycles. The normalized spacial score (nSPS) is 31.1. The molecule has 1 aliphatic carbocycles. The van der Waals surface area contributed by atoms with Crippen LogP contribution in [-0.2, 0) is 4.79 Å². The lowest BCUT2D eigenvalue weighted by Crippen LogP contribution is -2.45. The summed E-state index contributed by atoms with van der Waals surface area (Å²) in [5, 5.41) is 11.8. The van der Waals surface area contributed by atoms with Gasteiger partial charge in [-0.3, -0.25) is 4.79 Å². The van der Waals surface area contributed by atoms with Crippen LogP contribution >= 0.6 is 0 Å². The molecule has 138 valence electrons. The van der Waals surface area contributed by atoms with Gasteiger partial charge in [0, 0.05) is 19.1 Å². The number of rotatable bonds is 4. The molecule has 2 fully saturated rings. The maximum absolute atomic E-state index is 13.0. The number of urea groups is 1. The zero-order valence-electron chi connectivity index (χ0n) is 13.8. The highest BCUT2D eigenvalue weighted by Gasteiger charge is 2.53. The van der Waals surface area contributed by atoms with E-state index in [1.165, 1.54) is 6.42 Å². The molecule has 1 saturated carbocycles. The van der Waals surface area contributed by atoms with Gasteiger partial charge in [-0.25, -0.2) is 4.79 Å². The van der Waals surface area contributed by atoms with Crippen LogP contribution in [0.5, 0.6) is 0 Å². The standard InChI is InChI=1S/C16H25F3N2O3/c1-2-3-10-4-6-11(7-5-10)20-15(24)21-8-12(14(22)23)13(9-21)16(17,18)19/h10-13H,2-9H2,1H3,(H,20,24)(H,22,23)/t10?,11?,12-,13-/m1/s1. The summed E-state index contributed by atoms with van der Waals surface area (Å²) in [5.41, 5.74) is 0. The van der Waals surface area contributed by atoms with E-state index in [0.29, 0.717) is 5.92 Å². The smallest absolute Gasteiger partial charge is 0.394 e. The lowest BCUT2D eigenvalue weighted by Gasteiger charge is -2.30. The Balaban J connectivity index is 1.88. The summed E-state index contributed by atoms with van der Waals surface area (Å²) in [7, 11) is 0. The lowest BCUT2D eigenvalue weighted by atomic mass is 9.83. The van der Waals surface area contributed by atoms with Crippen LogP contribution in [0.2, 0.25) is 0 Å². The van der Waals surface area contributed by atoms with Gasteiger partial charge in [0.25, 0.3) is 0 Å². The van der Waals surface area contributed by atoms with Crippen LogP contribution in [0.3, 0.4) is 0 Å². The molecule has 0 bridgehead atoms. The van der Waals surface area contributed by atoms with E-state index < -0.39 is 43.1 Å². The number of hydrogen-bond acceptors (Lipinski definition) is 2. The van der Waals surface area contributed by atoms with Gasteiger partial charge in [-0.1, -0.05) is 19.8 Å². The van der Waals surface area contributed by atoms with Crippen molar-refractivity contribution < 1.29 is 27.9 Å². The number of carboxylic acids is 1. The van der Waals surface area contributed by atoms with E-state index in [0.717, 1.165) is 37.0 Å². The van der Waals surface area contributed by atoms with Gasteiger partial charge in [-0.15, -0.1) is 0 Å². The van der Waals surface area contributed by atoms with E-state index in [2.05, 4.69) is 12.2 Å². The Bertz CT molecular complexity index is 462. The second-order valence-electron chi connectivity index (χ2n) is 6.95. The van der Waals surface area contributed by atoms with E-state index in [-0.39, 0.29) is 6.04 Å². The van der Waals surface area contributed by atoms with E-state index in [4.69, 9.17) is 5.11 Å². The Morgan fingerprint density at radius 3 is 2.25 bits per heavy atom. The highest BCUT2D eigenvalue weighted by molar-refractivity contribution is 5.78. The second-order valence-corrected chi connectivity index (χ2v) is 6.95. The number of carbonyl (C=O) groups is 2. The largest absolute Gasteiger partial charge is 0.481 e. The van der Waals surface area contributed by atoms with Gasteiger partial charge in [0.2, 0.25) is 0 Å². The molecule has 0 spiro atoms. The number of nitrogens with one attached hydrogen (secondary N) is 1. The minimum Gasteiger partial charge on any atom is -0.481 e. The number of amides is 2. The third kappa shape index (κ3) is 4.54. The van der Waals surface area contributed by atoms with Crippen molar-refractivity contribution in [3.63, 3.8) is 0 Å². The molecule has 1 saturated heterocycles. The molecule has 2 atom stereocenters. The van der Waals surface area contributed by atoms with Gasteiger partial charge >= 0.3 is 18.2 Å². The van der Waals surface area contributed by atoms with E-state index in [9.17, 15) is 22.8 Å². The fourth-order valence-electron chi connectivity index (χ4n) is 3.82. The fraction of sp³-hybridized carbons (Fsp3) is 0.875. The number of carboxylic acid groups (broad SMARTS) is 1. The quantitative estimate of drug-likeness (QED) is 0.818. The average Bonchev–Trinajstić information content (AvgIpc) is 2.95. The van der Waals surface area contributed by atoms with Gasteiger partial charge in [-0.05, 0) is 31.6 Å². The number of nitrogens with zero attached hydrogens (tertiary/aromatic N) is 1. The maximum Gasteiger partial charge on any atom is 0.394 e. The molecule has 0 aromatic heterocycles. The summed E-state index contributed by atoms with van der Waals surface area (Å²) in [6.07, 6.45) is 1.37. The third-order valence-electron chi connectivity index (χ3n) is 5.22. The lowest BCUT2D eigenvalue weighted by molar-refractivity contribution is -0.187. The zero-order chi connectivity index (χ0) is 17.9. The van der Waals surface area contributed by atoms with Crippen LogP contribution in [0.25, 0.3) is 0 Å². The van der Waals surface area contributed by atoms with Crippen molar-refractivity contribution in [2.75, 3.05) is 13.1 Å². The summed E-state index contributed by atoms with van der Waals surface area (Å²) in [6, 6.07) is -0.606. The molecule has 2 amide bonds. The second kappa shape index (κ2) is 7.61. The fourth-order valence-corrected chi connectivity index (χ4v) is 3.82. The number of halogens is 3. The van der Waals surface area contributed by atoms with E-state index in [1.807, 2.05) is 0 Å². The molecule has 2 N–H and O–H groups in total. The molecular weight excluding hydrogens is 325 g/mol. The molecule has 5 nitrogen and oxygen atoms in total. The summed E-state index contributed by atoms with van der Waals surface area (Å²) in [4.78, 5) is 24.3. The molecule has 24 heavy (non-hydrogen) atoms. The minimum absolute atomic E-state index is 0.0289. The first-order chi connectivity index (χ1) is 11.2. The number of likely N-dealkylation sites (tertiary alicyclic amines) is 1. The average molecular weight is 350 g/mol. The van der Waals surface area contributed by atoms with Gasteiger partial charge < -0.3 is 15.3 Å². The highest BCUT2D eigenvalue weighted by atomic mass is 19.4. The summed E-state index contributed by atoms with van der Waals surface area (Å²) >= 11 is 0. The SMILES string of the molecule is CCCC1CCC(NC(=O)N2C[C@@H](C(F)(F)F)[C@H](C(=O)O)C2)CC1. The summed E-state index contributed by atoms with van der Waals surface area (Å²) in [6.45, 7) is 1.16. The first kappa shape index (κ1) is 18.9. The van der Waals surface area contributed by atoms with Crippen molar-refractivity contribution in [2.24, 2.45) is 17.8 Å². The van der Waals surface area contributed by atoms with Crippen molar-refractivity contribution in [2.45, 2.75) is 57.7 Å². The van der Waals surface area contributed by atoms with Crippen molar-refractivity contribution in [3.8, 4) is 0 Å². The Morgan fingerprint density at radius 2 is 1.79 bits per heavy atom. The Morgan fingerprint density at radius 1 is 1.17 bits per heavy atom. The zero-order valence-corrected chi connectivity index (χ0v) is 13.8. The van der Waals surface area contributed by atoms with Crippen molar-refractivity contribution in [1.29, 1.82) is 0 Å². The third-order valence-corrected chi connectivity index (χ3v) is 5.22. The Kier molecular flexibility index (Phi) is 5.98. The predicted molar refractivity (Wildman–Crippen MR) is 81.4 cm³/mol. The first-order valence-corrected chi connectivity index (χ1v) is 8.57. The molecule has 2 rings (SSSR count). The molecule has 1 aliphatic heterocycles. The van der Waals surface area contributed by atoms with Crippen LogP contribution in [0, 0.1) is 17.8 Å². The van der Waals surface area contributed by atoms with Gasteiger partial charge in [0.1, 0.15) is 0 Å². The Labute approximate surface area is 139 Å². The predicted octanol–water partition coefficient (Wildman–Crippen LogP) is 3.25. The van der Waals surface area contributed by atoms with Crippen molar-refractivity contribution in [3.05, 3.63) is 0 Å². The van der Waals surface area contributed by atoms with Crippen LogP contribution in [0.4, 0.5) is 18.0 Å². The van der Waals surface area contributed by atoms with E-state index >= 15 is 0 Å². The minimum atomic E-state index is -4.61. The van der Waals surface area contributed by atoms with Crippen LogP contribution in [-0.4, -0.2) is 47.3 Å². The van der Waals surface area contributed by atoms with Gasteiger partial charge in [0.05, 0.1) is 11.8 Å². The highest BCUT2D eigenvalue weighted by Crippen LogP contribution is 2.38. The molecular formula is C16H25F3N2O3. The first-order valence-electron chi connectivity index (χ1n) is 8.57. The monoisotopic (exact) mass is 350 g/mol. The van der Waals surface area contributed by atoms with Gasteiger partial charge in [0.15, 0.2) is 0 Å². The van der Waals surface area contributed by atoms with Crippen molar-refractivity contribution in [1.82, 2.24) is 10.2 Å². The molecule has 8 heteroatoms. The number of carbonyl (C=O) groups excluding carboxylic acids is 1. The number of aliphatic carboxylic acids is 1. The van der Waals surface area contributed by atoms with Crippen LogP contribution in [0.15, 0.2) is 0 Å². The van der Waals surface area contributed by atoms with Crippen LogP contribution < -0.4 is 5.32 Å². The molecule has 2 aliphatic rings. The summed E-state index contributed by atoms with van der Waals surface area (Å²) < 4.78 is 38.9. The topological polar surface area (TPSA) is 69.6 Å². The maximum atomic E-state index is 13.0. The van der Waals surface area contributed by atoms with Crippen LogP contribution in [0.1, 0.15) is 45.4 Å². The molecule has 0 aromatic carbocycles. The number of alkyl halides is 3. The number of hydrogen-bond donors (Lipinski definition) is 2.